The van der Waals surface area contributed by atoms with E-state index in [1.807, 2.05) is 0 Å². The molecule has 0 saturated heterocycles. The molecule has 0 heterocycles. The average molecular weight is 239 g/mol. The second-order valence-electron chi connectivity index (χ2n) is 1.97. The highest BCUT2D eigenvalue weighted by atomic mass is 79.9. The number of halogens is 3. The molecule has 1 aromatic rings. The molecule has 0 fully saturated rings. The first-order chi connectivity index (χ1) is 5.61. The molecule has 0 spiro atoms. The summed E-state index contributed by atoms with van der Waals surface area (Å²) >= 11 is 2.90. The Labute approximate surface area is 75.9 Å². The first kappa shape index (κ1) is 9.25. The zero-order valence-corrected chi connectivity index (χ0v) is 7.38. The third-order valence-electron chi connectivity index (χ3n) is 1.16. The fourth-order valence-corrected chi connectivity index (χ4v) is 1.04. The van der Waals surface area contributed by atoms with Gasteiger partial charge in [-0.2, -0.15) is 8.78 Å². The number of phenols is 1. The van der Waals surface area contributed by atoms with E-state index in [9.17, 15) is 8.78 Å². The SMILES string of the molecule is Oc1cccc(OC(F)F)c1Br. The number of hydrogen-bond donors (Lipinski definition) is 1. The molecule has 0 aliphatic carbocycles. The minimum absolute atomic E-state index is 0.0787. The van der Waals surface area contributed by atoms with Crippen molar-refractivity contribution in [2.24, 2.45) is 0 Å². The molecular weight excluding hydrogens is 234 g/mol. The summed E-state index contributed by atoms with van der Waals surface area (Å²) in [6.07, 6.45) is 0. The Morgan fingerprint density at radius 2 is 2.08 bits per heavy atom. The molecule has 5 heteroatoms. The molecule has 66 valence electrons. The maximum Gasteiger partial charge on any atom is 0.387 e. The van der Waals surface area contributed by atoms with Crippen molar-refractivity contribution in [3.63, 3.8) is 0 Å². The third-order valence-corrected chi connectivity index (χ3v) is 1.96. The topological polar surface area (TPSA) is 29.5 Å². The first-order valence-electron chi connectivity index (χ1n) is 3.03. The van der Waals surface area contributed by atoms with E-state index >= 15 is 0 Å². The van der Waals surface area contributed by atoms with Gasteiger partial charge in [0.15, 0.2) is 0 Å². The lowest BCUT2D eigenvalue weighted by Gasteiger charge is -2.06. The molecule has 0 aliphatic heterocycles. The standard InChI is InChI=1S/C7H5BrF2O2/c8-6-4(11)2-1-3-5(6)12-7(9)10/h1-3,7,11H. The van der Waals surface area contributed by atoms with Crippen LogP contribution in [0.2, 0.25) is 0 Å². The first-order valence-corrected chi connectivity index (χ1v) is 3.83. The van der Waals surface area contributed by atoms with Gasteiger partial charge >= 0.3 is 6.61 Å². The lowest BCUT2D eigenvalue weighted by atomic mass is 10.3. The number of ether oxygens (including phenoxy) is 1. The van der Waals surface area contributed by atoms with Crippen molar-refractivity contribution in [3.05, 3.63) is 22.7 Å². The van der Waals surface area contributed by atoms with Crippen LogP contribution in [0.4, 0.5) is 8.78 Å². The van der Waals surface area contributed by atoms with Crippen LogP contribution in [-0.2, 0) is 0 Å². The molecule has 1 aromatic carbocycles. The molecule has 0 aliphatic rings. The summed E-state index contributed by atoms with van der Waals surface area (Å²) in [4.78, 5) is 0. The second kappa shape index (κ2) is 3.71. The van der Waals surface area contributed by atoms with Crippen LogP contribution in [0.15, 0.2) is 22.7 Å². The van der Waals surface area contributed by atoms with Gasteiger partial charge in [0.1, 0.15) is 16.0 Å². The number of rotatable bonds is 2. The summed E-state index contributed by atoms with van der Waals surface area (Å²) in [5, 5.41) is 9.04. The zero-order valence-electron chi connectivity index (χ0n) is 5.80. The van der Waals surface area contributed by atoms with Crippen molar-refractivity contribution >= 4 is 15.9 Å². The number of phenolic OH excluding ortho intramolecular Hbond substituents is 1. The van der Waals surface area contributed by atoms with Crippen molar-refractivity contribution in [2.75, 3.05) is 0 Å². The van der Waals surface area contributed by atoms with Gasteiger partial charge in [0.25, 0.3) is 0 Å². The molecular formula is C7H5BrF2O2. The van der Waals surface area contributed by atoms with Crippen LogP contribution < -0.4 is 4.74 Å². The van der Waals surface area contributed by atoms with E-state index in [1.165, 1.54) is 18.2 Å². The highest BCUT2D eigenvalue weighted by molar-refractivity contribution is 9.10. The van der Waals surface area contributed by atoms with Gasteiger partial charge in [-0.3, -0.25) is 0 Å². The highest BCUT2D eigenvalue weighted by Gasteiger charge is 2.09. The predicted molar refractivity (Wildman–Crippen MR) is 42.4 cm³/mol. The van der Waals surface area contributed by atoms with E-state index in [0.717, 1.165) is 0 Å². The highest BCUT2D eigenvalue weighted by Crippen LogP contribution is 2.33. The van der Waals surface area contributed by atoms with Crippen LogP contribution in [0, 0.1) is 0 Å². The van der Waals surface area contributed by atoms with E-state index in [2.05, 4.69) is 20.7 Å². The number of aromatic hydroxyl groups is 1. The number of alkyl halides is 2. The summed E-state index contributed by atoms with van der Waals surface area (Å²) in [5.74, 6) is -0.210. The summed E-state index contributed by atoms with van der Waals surface area (Å²) in [6.45, 7) is -2.89. The Kier molecular flexibility index (Phi) is 2.86. The number of hydrogen-bond acceptors (Lipinski definition) is 2. The van der Waals surface area contributed by atoms with Gasteiger partial charge in [-0.15, -0.1) is 0 Å². The Bertz CT molecular complexity index is 278. The van der Waals surface area contributed by atoms with Crippen LogP contribution in [-0.4, -0.2) is 11.7 Å². The molecule has 0 unspecified atom stereocenters. The lowest BCUT2D eigenvalue weighted by molar-refractivity contribution is -0.0504. The van der Waals surface area contributed by atoms with Gasteiger partial charge in [0, 0.05) is 0 Å². The van der Waals surface area contributed by atoms with Gasteiger partial charge in [-0.25, -0.2) is 0 Å². The quantitative estimate of drug-likeness (QED) is 0.859. The maximum absolute atomic E-state index is 11.7. The van der Waals surface area contributed by atoms with Gasteiger partial charge in [-0.1, -0.05) is 6.07 Å². The Morgan fingerprint density at radius 3 is 2.67 bits per heavy atom. The Balaban J connectivity index is 2.92. The molecule has 0 bridgehead atoms. The normalized spacial score (nSPS) is 10.3. The van der Waals surface area contributed by atoms with E-state index in [4.69, 9.17) is 5.11 Å². The molecule has 0 atom stereocenters. The zero-order chi connectivity index (χ0) is 9.14. The summed E-state index contributed by atoms with van der Waals surface area (Å²) < 4.78 is 27.6. The van der Waals surface area contributed by atoms with E-state index in [-0.39, 0.29) is 16.0 Å². The molecule has 1 N–H and O–H groups in total. The maximum atomic E-state index is 11.7. The minimum Gasteiger partial charge on any atom is -0.507 e. The van der Waals surface area contributed by atoms with Crippen LogP contribution >= 0.6 is 15.9 Å². The molecule has 0 amide bonds. The minimum atomic E-state index is -2.89. The van der Waals surface area contributed by atoms with Gasteiger partial charge in [0.05, 0.1) is 0 Å². The van der Waals surface area contributed by atoms with Crippen molar-refractivity contribution in [3.8, 4) is 11.5 Å². The van der Waals surface area contributed by atoms with Crippen molar-refractivity contribution in [2.45, 2.75) is 6.61 Å². The average Bonchev–Trinajstić information content (AvgIpc) is 1.98. The largest absolute Gasteiger partial charge is 0.507 e. The van der Waals surface area contributed by atoms with Crippen molar-refractivity contribution in [1.82, 2.24) is 0 Å². The molecule has 0 aromatic heterocycles. The monoisotopic (exact) mass is 238 g/mol. The summed E-state index contributed by atoms with van der Waals surface area (Å²) in [7, 11) is 0. The van der Waals surface area contributed by atoms with Crippen LogP contribution in [0.3, 0.4) is 0 Å². The Morgan fingerprint density at radius 1 is 1.42 bits per heavy atom. The number of benzene rings is 1. The molecule has 0 radical (unpaired) electrons. The van der Waals surface area contributed by atoms with E-state index < -0.39 is 6.61 Å². The molecule has 2 nitrogen and oxygen atoms in total. The van der Waals surface area contributed by atoms with E-state index in [1.54, 1.807) is 0 Å². The van der Waals surface area contributed by atoms with Gasteiger partial charge < -0.3 is 9.84 Å². The fraction of sp³-hybridized carbons (Fsp3) is 0.143. The lowest BCUT2D eigenvalue weighted by Crippen LogP contribution is -2.02. The van der Waals surface area contributed by atoms with E-state index in [0.29, 0.717) is 0 Å². The Hall–Kier alpha value is -0.840. The van der Waals surface area contributed by atoms with Crippen LogP contribution in [0.25, 0.3) is 0 Å². The summed E-state index contributed by atoms with van der Waals surface area (Å²) in [5.41, 5.74) is 0. The molecule has 0 saturated carbocycles. The van der Waals surface area contributed by atoms with Crippen LogP contribution in [0.1, 0.15) is 0 Å². The van der Waals surface area contributed by atoms with Crippen LogP contribution in [0.5, 0.6) is 11.5 Å². The third kappa shape index (κ3) is 2.07. The smallest absolute Gasteiger partial charge is 0.387 e. The predicted octanol–water partition coefficient (Wildman–Crippen LogP) is 2.76. The molecule has 1 rings (SSSR count). The van der Waals surface area contributed by atoms with Gasteiger partial charge in [0.2, 0.25) is 0 Å². The summed E-state index contributed by atoms with van der Waals surface area (Å²) in [6, 6.07) is 4.11. The van der Waals surface area contributed by atoms with Crippen molar-refractivity contribution in [1.29, 1.82) is 0 Å². The van der Waals surface area contributed by atoms with Crippen molar-refractivity contribution < 1.29 is 18.6 Å². The second-order valence-corrected chi connectivity index (χ2v) is 2.76. The fourth-order valence-electron chi connectivity index (χ4n) is 0.686. The van der Waals surface area contributed by atoms with Gasteiger partial charge in [-0.05, 0) is 28.1 Å². The molecule has 12 heavy (non-hydrogen) atoms.